The van der Waals surface area contributed by atoms with E-state index in [1.54, 1.807) is 29.4 Å². The standard InChI is InChI=1S/C23H18N6O2S/c1-23(30,21-24-11-13-32-21)9-6-16-14-15-4-3-5-17(20(15)31-16)18-7-10-25-22(26-18)27-19-8-12-29(2)28-19/h3-5,7-8,10-14,30H,1-2H3,(H,25,26,27,28). The average molecular weight is 443 g/mol. The molecule has 4 heterocycles. The van der Waals surface area contributed by atoms with Crippen LogP contribution in [0.25, 0.3) is 22.2 Å². The van der Waals surface area contributed by atoms with Gasteiger partial charge in [0.1, 0.15) is 10.6 Å². The SMILES string of the molecule is Cn1ccc(Nc2nccc(-c3cccc4cc(C#CC(C)(O)c5nccs5)oc34)n2)n1. The third kappa shape index (κ3) is 3.97. The second-order valence-electron chi connectivity index (χ2n) is 7.26. The molecule has 0 aliphatic heterocycles. The van der Waals surface area contributed by atoms with E-state index in [4.69, 9.17) is 4.42 Å². The van der Waals surface area contributed by atoms with Crippen molar-refractivity contribution in [2.45, 2.75) is 12.5 Å². The van der Waals surface area contributed by atoms with E-state index in [-0.39, 0.29) is 0 Å². The smallest absolute Gasteiger partial charge is 0.228 e. The summed E-state index contributed by atoms with van der Waals surface area (Å²) in [6.07, 6.45) is 5.16. The fourth-order valence-electron chi connectivity index (χ4n) is 3.19. The van der Waals surface area contributed by atoms with Crippen LogP contribution in [0.15, 0.2) is 64.8 Å². The number of hydrogen-bond acceptors (Lipinski definition) is 8. The Balaban J connectivity index is 1.48. The van der Waals surface area contributed by atoms with Crippen molar-refractivity contribution in [3.8, 4) is 23.1 Å². The maximum absolute atomic E-state index is 10.6. The molecule has 0 radical (unpaired) electrons. The Bertz CT molecular complexity index is 1460. The lowest BCUT2D eigenvalue weighted by Crippen LogP contribution is -2.17. The van der Waals surface area contributed by atoms with E-state index in [2.05, 4.69) is 37.2 Å². The number of furan rings is 1. The Hall–Kier alpha value is -4.00. The van der Waals surface area contributed by atoms with Crippen molar-refractivity contribution in [3.63, 3.8) is 0 Å². The molecule has 4 aromatic heterocycles. The van der Waals surface area contributed by atoms with E-state index in [1.165, 1.54) is 11.3 Å². The summed E-state index contributed by atoms with van der Waals surface area (Å²) in [4.78, 5) is 13.0. The highest BCUT2D eigenvalue weighted by atomic mass is 32.1. The molecule has 5 aromatic rings. The van der Waals surface area contributed by atoms with Crippen LogP contribution in [-0.2, 0) is 12.6 Å². The van der Waals surface area contributed by atoms with Crippen LogP contribution in [0.5, 0.6) is 0 Å². The van der Waals surface area contributed by atoms with Gasteiger partial charge in [0, 0.05) is 54.1 Å². The quantitative estimate of drug-likeness (QED) is 0.404. The Morgan fingerprint density at radius 2 is 2.09 bits per heavy atom. The van der Waals surface area contributed by atoms with E-state index >= 15 is 0 Å². The van der Waals surface area contributed by atoms with Gasteiger partial charge in [-0.15, -0.1) is 11.3 Å². The first-order chi connectivity index (χ1) is 15.5. The van der Waals surface area contributed by atoms with E-state index < -0.39 is 5.60 Å². The zero-order valence-corrected chi connectivity index (χ0v) is 18.1. The Morgan fingerprint density at radius 1 is 1.19 bits per heavy atom. The van der Waals surface area contributed by atoms with Crippen LogP contribution in [0.4, 0.5) is 11.8 Å². The number of para-hydroxylation sites is 1. The molecule has 1 atom stereocenters. The second kappa shape index (κ2) is 7.92. The molecular weight excluding hydrogens is 424 g/mol. The van der Waals surface area contributed by atoms with Gasteiger partial charge >= 0.3 is 0 Å². The number of anilines is 2. The molecular formula is C23H18N6O2S. The number of benzene rings is 1. The van der Waals surface area contributed by atoms with E-state index in [9.17, 15) is 5.11 Å². The van der Waals surface area contributed by atoms with Gasteiger partial charge in [0.25, 0.3) is 0 Å². The minimum atomic E-state index is -1.35. The summed E-state index contributed by atoms with van der Waals surface area (Å²) in [5.74, 6) is 7.33. The number of nitrogens with one attached hydrogen (secondary N) is 1. The monoisotopic (exact) mass is 442 g/mol. The van der Waals surface area contributed by atoms with Crippen molar-refractivity contribution in [3.05, 3.63) is 71.1 Å². The van der Waals surface area contributed by atoms with Gasteiger partial charge in [0.15, 0.2) is 17.2 Å². The van der Waals surface area contributed by atoms with Gasteiger partial charge in [-0.05, 0) is 25.0 Å². The topological polar surface area (TPSA) is 102 Å². The van der Waals surface area contributed by atoms with Gasteiger partial charge in [-0.2, -0.15) is 5.10 Å². The highest BCUT2D eigenvalue weighted by Crippen LogP contribution is 2.30. The Labute approximate surface area is 187 Å². The molecule has 1 aromatic carbocycles. The molecule has 32 heavy (non-hydrogen) atoms. The molecule has 0 amide bonds. The number of aliphatic hydroxyl groups is 1. The van der Waals surface area contributed by atoms with Gasteiger partial charge in [0.05, 0.1) is 5.69 Å². The van der Waals surface area contributed by atoms with E-state index in [0.717, 1.165) is 10.9 Å². The van der Waals surface area contributed by atoms with Gasteiger partial charge in [0.2, 0.25) is 5.95 Å². The van der Waals surface area contributed by atoms with Crippen LogP contribution in [-0.4, -0.2) is 29.8 Å². The van der Waals surface area contributed by atoms with Gasteiger partial charge in [-0.3, -0.25) is 4.68 Å². The molecule has 0 fully saturated rings. The molecule has 158 valence electrons. The largest absolute Gasteiger partial charge is 0.447 e. The molecule has 2 N–H and O–H groups in total. The lowest BCUT2D eigenvalue weighted by molar-refractivity contribution is 0.121. The van der Waals surface area contributed by atoms with Crippen molar-refractivity contribution in [2.24, 2.45) is 7.05 Å². The van der Waals surface area contributed by atoms with Crippen LogP contribution in [0, 0.1) is 11.8 Å². The maximum atomic E-state index is 10.6. The molecule has 8 nitrogen and oxygen atoms in total. The number of rotatable bonds is 4. The number of aromatic nitrogens is 5. The first-order valence-electron chi connectivity index (χ1n) is 9.76. The molecule has 0 bridgehead atoms. The van der Waals surface area contributed by atoms with E-state index in [0.29, 0.717) is 33.8 Å². The zero-order chi connectivity index (χ0) is 22.1. The predicted octanol–water partition coefficient (Wildman–Crippen LogP) is 4.08. The Kier molecular flexibility index (Phi) is 4.93. The highest BCUT2D eigenvalue weighted by molar-refractivity contribution is 7.09. The molecule has 9 heteroatoms. The van der Waals surface area contributed by atoms with Crippen LogP contribution < -0.4 is 5.32 Å². The number of fused-ring (bicyclic) bond motifs is 1. The van der Waals surface area contributed by atoms with Gasteiger partial charge < -0.3 is 14.8 Å². The fourth-order valence-corrected chi connectivity index (χ4v) is 3.85. The first kappa shape index (κ1) is 19.9. The second-order valence-corrected chi connectivity index (χ2v) is 8.15. The summed E-state index contributed by atoms with van der Waals surface area (Å²) in [6.45, 7) is 1.62. The number of aryl methyl sites for hydroxylation is 1. The van der Waals surface area contributed by atoms with Crippen LogP contribution in [0.3, 0.4) is 0 Å². The molecule has 1 unspecified atom stereocenters. The van der Waals surface area contributed by atoms with Crippen molar-refractivity contribution in [1.82, 2.24) is 24.7 Å². The summed E-state index contributed by atoms with van der Waals surface area (Å²) in [5.41, 5.74) is 0.823. The summed E-state index contributed by atoms with van der Waals surface area (Å²) < 4.78 is 7.73. The van der Waals surface area contributed by atoms with Gasteiger partial charge in [-0.1, -0.05) is 18.1 Å². The van der Waals surface area contributed by atoms with Gasteiger partial charge in [-0.25, -0.2) is 15.0 Å². The van der Waals surface area contributed by atoms with Crippen LogP contribution in [0.2, 0.25) is 0 Å². The minimum Gasteiger partial charge on any atom is -0.447 e. The molecule has 0 saturated carbocycles. The normalized spacial score (nSPS) is 12.8. The Morgan fingerprint density at radius 3 is 2.88 bits per heavy atom. The van der Waals surface area contributed by atoms with E-state index in [1.807, 2.05) is 49.6 Å². The third-order valence-electron chi connectivity index (χ3n) is 4.71. The van der Waals surface area contributed by atoms with Crippen molar-refractivity contribution >= 4 is 34.1 Å². The molecule has 5 rings (SSSR count). The fraction of sp³-hybridized carbons (Fsp3) is 0.130. The number of thiazole rings is 1. The number of nitrogens with zero attached hydrogens (tertiary/aromatic N) is 5. The lowest BCUT2D eigenvalue weighted by atomic mass is 10.1. The minimum absolute atomic E-state index is 0.435. The number of hydrogen-bond donors (Lipinski definition) is 2. The summed E-state index contributed by atoms with van der Waals surface area (Å²) >= 11 is 1.35. The van der Waals surface area contributed by atoms with Crippen molar-refractivity contribution < 1.29 is 9.52 Å². The zero-order valence-electron chi connectivity index (χ0n) is 17.3. The lowest BCUT2D eigenvalue weighted by Gasteiger charge is -2.11. The van der Waals surface area contributed by atoms with Crippen molar-refractivity contribution in [2.75, 3.05) is 5.32 Å². The first-order valence-corrected chi connectivity index (χ1v) is 10.6. The molecule has 0 saturated heterocycles. The average Bonchev–Trinajstić information content (AvgIpc) is 3.53. The van der Waals surface area contributed by atoms with Crippen LogP contribution >= 0.6 is 11.3 Å². The molecule has 0 aliphatic rings. The predicted molar refractivity (Wildman–Crippen MR) is 122 cm³/mol. The maximum Gasteiger partial charge on any atom is 0.228 e. The van der Waals surface area contributed by atoms with Crippen molar-refractivity contribution in [1.29, 1.82) is 0 Å². The third-order valence-corrected chi connectivity index (χ3v) is 5.69. The van der Waals surface area contributed by atoms with Crippen LogP contribution in [0.1, 0.15) is 17.7 Å². The summed E-state index contributed by atoms with van der Waals surface area (Å²) in [6, 6.07) is 11.3. The summed E-state index contributed by atoms with van der Waals surface area (Å²) in [5, 5.41) is 21.2. The molecule has 0 spiro atoms. The molecule has 0 aliphatic carbocycles. The highest BCUT2D eigenvalue weighted by Gasteiger charge is 2.23. The summed E-state index contributed by atoms with van der Waals surface area (Å²) in [7, 11) is 1.84.